The minimum atomic E-state index is -4.31. The van der Waals surface area contributed by atoms with Crippen molar-refractivity contribution in [1.82, 2.24) is 0 Å². The number of aliphatic hydroxyl groups is 1. The third kappa shape index (κ3) is 7.33. The summed E-state index contributed by atoms with van der Waals surface area (Å²) in [6.07, 6.45) is -1.36. The number of aromatic hydroxyl groups is 1. The second kappa shape index (κ2) is 11.9. The Morgan fingerprint density at radius 1 is 1.11 bits per heavy atom. The number of aliphatic hydroxyl groups excluding tert-OH is 1. The van der Waals surface area contributed by atoms with Crippen molar-refractivity contribution in [3.63, 3.8) is 0 Å². The number of rotatable bonds is 13. The highest BCUT2D eigenvalue weighted by Gasteiger charge is 2.25. The SMILES string of the molecule is CCCc1c(OCC(O)CS(=O)(=O)c2ccc(C(=O)CCC(=O)O)cc2F)ccc(C(C)=O)c1O. The van der Waals surface area contributed by atoms with Crippen LogP contribution in [-0.2, 0) is 21.1 Å². The van der Waals surface area contributed by atoms with Gasteiger partial charge in [0.05, 0.1) is 17.7 Å². The Balaban J connectivity index is 2.12. The fourth-order valence-electron chi connectivity index (χ4n) is 3.40. The summed E-state index contributed by atoms with van der Waals surface area (Å²) in [5, 5.41) is 29.3. The van der Waals surface area contributed by atoms with E-state index in [2.05, 4.69) is 0 Å². The van der Waals surface area contributed by atoms with Gasteiger partial charge < -0.3 is 20.1 Å². The number of carboxylic acid groups (broad SMARTS) is 1. The smallest absolute Gasteiger partial charge is 0.303 e. The lowest BCUT2D eigenvalue weighted by Gasteiger charge is -2.17. The highest BCUT2D eigenvalue weighted by atomic mass is 32.2. The van der Waals surface area contributed by atoms with Crippen molar-refractivity contribution in [2.45, 2.75) is 50.5 Å². The molecule has 190 valence electrons. The number of phenolic OH excluding ortho intramolecular Hbond substituents is 1. The molecule has 0 aliphatic carbocycles. The van der Waals surface area contributed by atoms with Gasteiger partial charge in [-0.3, -0.25) is 14.4 Å². The van der Waals surface area contributed by atoms with Crippen molar-refractivity contribution < 1.29 is 47.2 Å². The molecule has 9 nitrogen and oxygen atoms in total. The number of carboxylic acids is 1. The molecule has 1 unspecified atom stereocenters. The largest absolute Gasteiger partial charge is 0.507 e. The molecular weight excluding hydrogens is 483 g/mol. The molecule has 3 N–H and O–H groups in total. The van der Waals surface area contributed by atoms with Gasteiger partial charge in [0.2, 0.25) is 0 Å². The first-order valence-corrected chi connectivity index (χ1v) is 12.5. The maximum absolute atomic E-state index is 14.5. The highest BCUT2D eigenvalue weighted by molar-refractivity contribution is 7.91. The van der Waals surface area contributed by atoms with E-state index in [1.807, 2.05) is 6.92 Å². The summed E-state index contributed by atoms with van der Waals surface area (Å²) in [6, 6.07) is 5.51. The molecule has 35 heavy (non-hydrogen) atoms. The molecule has 0 heterocycles. The van der Waals surface area contributed by atoms with Crippen LogP contribution in [0.5, 0.6) is 11.5 Å². The van der Waals surface area contributed by atoms with Crippen LogP contribution in [0.3, 0.4) is 0 Å². The molecule has 2 aromatic carbocycles. The van der Waals surface area contributed by atoms with E-state index in [9.17, 15) is 37.4 Å². The topological polar surface area (TPSA) is 155 Å². The summed E-state index contributed by atoms with van der Waals surface area (Å²) in [6.45, 7) is 2.67. The van der Waals surface area contributed by atoms with E-state index < -0.39 is 57.2 Å². The van der Waals surface area contributed by atoms with Crippen LogP contribution < -0.4 is 4.74 Å². The predicted octanol–water partition coefficient (Wildman–Crippen LogP) is 2.95. The van der Waals surface area contributed by atoms with Gasteiger partial charge in [-0.15, -0.1) is 0 Å². The van der Waals surface area contributed by atoms with Crippen molar-refractivity contribution in [3.8, 4) is 11.5 Å². The van der Waals surface area contributed by atoms with Gasteiger partial charge in [-0.2, -0.15) is 0 Å². The molecular formula is C24H27FO9S. The number of ketones is 2. The Morgan fingerprint density at radius 3 is 2.37 bits per heavy atom. The Labute approximate surface area is 202 Å². The summed E-state index contributed by atoms with van der Waals surface area (Å²) < 4.78 is 45.2. The third-order valence-electron chi connectivity index (χ3n) is 5.12. The molecule has 0 bridgehead atoms. The van der Waals surface area contributed by atoms with Crippen LogP contribution in [0, 0.1) is 5.82 Å². The van der Waals surface area contributed by atoms with Crippen LogP contribution >= 0.6 is 0 Å². The average molecular weight is 511 g/mol. The van der Waals surface area contributed by atoms with Gasteiger partial charge in [0.15, 0.2) is 21.4 Å². The standard InChI is InChI=1S/C24H27FO9S/c1-3-4-18-21(8-6-17(14(2)26)24(18)31)34-12-16(27)13-35(32,33)22-9-5-15(11-19(22)25)20(28)7-10-23(29)30/h5-6,8-9,11,16,27,31H,3-4,7,10,12-13H2,1-2H3,(H,29,30). The van der Waals surface area contributed by atoms with Crippen LogP contribution in [-0.4, -0.2) is 59.7 Å². The van der Waals surface area contributed by atoms with Gasteiger partial charge in [0.1, 0.15) is 34.9 Å². The number of aliphatic carboxylic acids is 1. The molecule has 0 aliphatic rings. The van der Waals surface area contributed by atoms with Crippen molar-refractivity contribution in [3.05, 3.63) is 52.8 Å². The third-order valence-corrected chi connectivity index (χ3v) is 6.94. The molecule has 2 rings (SSSR count). The Bertz CT molecular complexity index is 1220. The Hall–Kier alpha value is -3.31. The van der Waals surface area contributed by atoms with E-state index in [1.54, 1.807) is 0 Å². The number of carbonyl (C=O) groups excluding carboxylic acids is 2. The second-order valence-electron chi connectivity index (χ2n) is 7.95. The highest BCUT2D eigenvalue weighted by Crippen LogP contribution is 2.33. The van der Waals surface area contributed by atoms with Crippen molar-refractivity contribution in [2.24, 2.45) is 0 Å². The Kier molecular flexibility index (Phi) is 9.49. The summed E-state index contributed by atoms with van der Waals surface area (Å²) in [5.41, 5.74) is 0.303. The Morgan fingerprint density at radius 2 is 1.80 bits per heavy atom. The predicted molar refractivity (Wildman–Crippen MR) is 123 cm³/mol. The molecule has 0 saturated heterocycles. The lowest BCUT2D eigenvalue weighted by atomic mass is 10.0. The fourth-order valence-corrected chi connectivity index (χ4v) is 4.81. The molecule has 0 aliphatic heterocycles. The minimum Gasteiger partial charge on any atom is -0.507 e. The first kappa shape index (κ1) is 27.9. The van der Waals surface area contributed by atoms with Gasteiger partial charge in [-0.1, -0.05) is 13.3 Å². The second-order valence-corrected chi connectivity index (χ2v) is 9.96. The van der Waals surface area contributed by atoms with Crippen molar-refractivity contribution in [2.75, 3.05) is 12.4 Å². The molecule has 1 atom stereocenters. The monoisotopic (exact) mass is 510 g/mol. The van der Waals surface area contributed by atoms with Gasteiger partial charge in [-0.05, 0) is 43.7 Å². The van der Waals surface area contributed by atoms with Gasteiger partial charge in [-0.25, -0.2) is 12.8 Å². The molecule has 2 aromatic rings. The number of sulfone groups is 1. The maximum atomic E-state index is 14.5. The van der Waals surface area contributed by atoms with Crippen LogP contribution in [0.1, 0.15) is 59.4 Å². The number of Topliss-reactive ketones (excluding diaryl/α,β-unsaturated/α-hetero) is 2. The van der Waals surface area contributed by atoms with Crippen LogP contribution in [0.25, 0.3) is 0 Å². The zero-order valence-corrected chi connectivity index (χ0v) is 20.1. The zero-order chi connectivity index (χ0) is 26.3. The van der Waals surface area contributed by atoms with E-state index in [4.69, 9.17) is 9.84 Å². The summed E-state index contributed by atoms with van der Waals surface area (Å²) >= 11 is 0. The molecule has 0 spiro atoms. The number of carbonyl (C=O) groups is 3. The maximum Gasteiger partial charge on any atom is 0.303 e. The number of hydrogen-bond acceptors (Lipinski definition) is 8. The van der Waals surface area contributed by atoms with Crippen LogP contribution in [0.2, 0.25) is 0 Å². The van der Waals surface area contributed by atoms with Gasteiger partial charge >= 0.3 is 5.97 Å². The fraction of sp³-hybridized carbons (Fsp3) is 0.375. The molecule has 0 radical (unpaired) electrons. The van der Waals surface area contributed by atoms with Gasteiger partial charge in [0.25, 0.3) is 0 Å². The molecule has 11 heteroatoms. The number of phenols is 1. The van der Waals surface area contributed by atoms with E-state index in [1.165, 1.54) is 19.1 Å². The average Bonchev–Trinajstić information content (AvgIpc) is 2.77. The quantitative estimate of drug-likeness (QED) is 0.345. The lowest BCUT2D eigenvalue weighted by molar-refractivity contribution is -0.136. The normalized spacial score (nSPS) is 12.2. The lowest BCUT2D eigenvalue weighted by Crippen LogP contribution is -2.28. The molecule has 0 aromatic heterocycles. The summed E-state index contributed by atoms with van der Waals surface area (Å²) in [5.74, 6) is -4.31. The number of ether oxygens (including phenoxy) is 1. The van der Waals surface area contributed by atoms with Crippen LogP contribution in [0.15, 0.2) is 35.2 Å². The van der Waals surface area contributed by atoms with Crippen LogP contribution in [0.4, 0.5) is 4.39 Å². The number of halogens is 1. The van der Waals surface area contributed by atoms with Crippen molar-refractivity contribution in [1.29, 1.82) is 0 Å². The number of benzene rings is 2. The van der Waals surface area contributed by atoms with E-state index in [0.717, 1.165) is 18.2 Å². The first-order chi connectivity index (χ1) is 16.4. The van der Waals surface area contributed by atoms with Gasteiger partial charge in [0, 0.05) is 17.5 Å². The van der Waals surface area contributed by atoms with Crippen molar-refractivity contribution >= 4 is 27.4 Å². The first-order valence-electron chi connectivity index (χ1n) is 10.8. The summed E-state index contributed by atoms with van der Waals surface area (Å²) in [7, 11) is -4.31. The molecule has 0 saturated carbocycles. The molecule has 0 amide bonds. The minimum absolute atomic E-state index is 0.115. The summed E-state index contributed by atoms with van der Waals surface area (Å²) in [4.78, 5) is 33.5. The number of hydrogen-bond donors (Lipinski definition) is 3. The molecule has 0 fully saturated rings. The zero-order valence-electron chi connectivity index (χ0n) is 19.3. The van der Waals surface area contributed by atoms with E-state index in [-0.39, 0.29) is 34.8 Å². The van der Waals surface area contributed by atoms with E-state index >= 15 is 0 Å². The van der Waals surface area contributed by atoms with E-state index in [0.29, 0.717) is 18.4 Å².